The fraction of sp³-hybridized carbons (Fsp3) is 0.903. The molecule has 1 saturated heterocycles. The lowest BCUT2D eigenvalue weighted by Crippen LogP contribution is -2.59. The zero-order chi connectivity index (χ0) is 29.4. The Morgan fingerprint density at radius 1 is 0.750 bits per heavy atom. The molecule has 1 aliphatic heterocycles. The Hall–Kier alpha value is -1.90. The van der Waals surface area contributed by atoms with Crippen molar-refractivity contribution in [1.82, 2.24) is 9.80 Å². The van der Waals surface area contributed by atoms with Gasteiger partial charge in [0, 0.05) is 39.5 Å². The summed E-state index contributed by atoms with van der Waals surface area (Å²) >= 11 is 0. The molecule has 0 aromatic heterocycles. The van der Waals surface area contributed by atoms with Gasteiger partial charge in [0.25, 0.3) is 0 Å². The van der Waals surface area contributed by atoms with E-state index in [9.17, 15) is 18.8 Å². The maximum atomic E-state index is 12.6. The van der Waals surface area contributed by atoms with Crippen molar-refractivity contribution in [3.63, 3.8) is 0 Å². The second-order valence-corrected chi connectivity index (χ2v) is 11.2. The zero-order valence-corrected chi connectivity index (χ0v) is 25.6. The van der Waals surface area contributed by atoms with Gasteiger partial charge < -0.3 is 19.1 Å². The molecule has 1 atom stereocenters. The van der Waals surface area contributed by atoms with E-state index in [1.807, 2.05) is 0 Å². The van der Waals surface area contributed by atoms with Gasteiger partial charge in [-0.05, 0) is 19.3 Å². The molecule has 0 saturated carbocycles. The van der Waals surface area contributed by atoms with Crippen LogP contribution in [-0.4, -0.2) is 86.5 Å². The van der Waals surface area contributed by atoms with Gasteiger partial charge in [0.15, 0.2) is 6.10 Å². The van der Waals surface area contributed by atoms with Crippen LogP contribution in [0.1, 0.15) is 123 Å². The Morgan fingerprint density at radius 3 is 1.80 bits per heavy atom. The van der Waals surface area contributed by atoms with Crippen molar-refractivity contribution < 1.29 is 33.0 Å². The van der Waals surface area contributed by atoms with Gasteiger partial charge in [0.05, 0.1) is 12.7 Å². The van der Waals surface area contributed by atoms with Crippen molar-refractivity contribution >= 4 is 18.0 Å². The van der Waals surface area contributed by atoms with Crippen molar-refractivity contribution in [3.05, 3.63) is 0 Å². The number of carbonyl (C=O) groups is 3. The maximum Gasteiger partial charge on any atom is 0.409 e. The molecule has 1 fully saturated rings. The van der Waals surface area contributed by atoms with Crippen LogP contribution in [0.4, 0.5) is 9.18 Å². The van der Waals surface area contributed by atoms with Gasteiger partial charge in [-0.15, -0.1) is 0 Å². The highest BCUT2D eigenvalue weighted by molar-refractivity contribution is 5.70. The molecule has 1 rings (SSSR count). The average molecular weight is 573 g/mol. The molecule has 1 amide bonds. The summed E-state index contributed by atoms with van der Waals surface area (Å²) in [5.41, 5.74) is 0. The summed E-state index contributed by atoms with van der Waals surface area (Å²) in [6.07, 6.45) is 15.2. The number of carbonyl (C=O) groups excluding carboxylic acids is 3. The lowest BCUT2D eigenvalue weighted by molar-refractivity contribution is -0.161. The summed E-state index contributed by atoms with van der Waals surface area (Å²) in [7, 11) is 1.67. The van der Waals surface area contributed by atoms with Crippen LogP contribution in [0.3, 0.4) is 0 Å². The van der Waals surface area contributed by atoms with Crippen molar-refractivity contribution in [1.29, 1.82) is 0 Å². The lowest BCUT2D eigenvalue weighted by atomic mass is 10.1. The SMILES string of the molecule is CCCCCCCCCC(=O)OCC(COC(=O)N(C)C1CN(CCCF)C1)OC(=O)CCCCCCCCC. The van der Waals surface area contributed by atoms with E-state index in [-0.39, 0.29) is 37.9 Å². The summed E-state index contributed by atoms with van der Waals surface area (Å²) in [5, 5.41) is 0. The van der Waals surface area contributed by atoms with E-state index in [1.165, 1.54) is 56.3 Å². The van der Waals surface area contributed by atoms with Crippen molar-refractivity contribution in [3.8, 4) is 0 Å². The fourth-order valence-corrected chi connectivity index (χ4v) is 4.74. The predicted octanol–water partition coefficient (Wildman–Crippen LogP) is 6.84. The Kier molecular flexibility index (Phi) is 21.5. The van der Waals surface area contributed by atoms with Crippen molar-refractivity contribution in [2.45, 2.75) is 135 Å². The molecule has 0 N–H and O–H groups in total. The fourth-order valence-electron chi connectivity index (χ4n) is 4.74. The first-order chi connectivity index (χ1) is 19.4. The van der Waals surface area contributed by atoms with E-state index < -0.39 is 12.2 Å². The van der Waals surface area contributed by atoms with Gasteiger partial charge in [-0.2, -0.15) is 0 Å². The quantitative estimate of drug-likeness (QED) is 0.0673. The minimum absolute atomic E-state index is 0.00485. The second kappa shape index (κ2) is 23.8. The van der Waals surface area contributed by atoms with Crippen LogP contribution < -0.4 is 0 Å². The molecule has 0 aromatic carbocycles. The molecule has 234 valence electrons. The van der Waals surface area contributed by atoms with Crippen molar-refractivity contribution in [2.75, 3.05) is 46.6 Å². The second-order valence-electron chi connectivity index (χ2n) is 11.2. The summed E-state index contributed by atoms with van der Waals surface area (Å²) in [6, 6.07) is 0.00485. The Labute approximate surface area is 242 Å². The van der Waals surface area contributed by atoms with Crippen LogP contribution in [-0.2, 0) is 23.8 Å². The molecule has 0 spiro atoms. The molecular formula is C31H57FN2O6. The van der Waals surface area contributed by atoms with E-state index in [0.29, 0.717) is 38.9 Å². The van der Waals surface area contributed by atoms with E-state index in [0.717, 1.165) is 38.5 Å². The normalized spacial score (nSPS) is 14.4. The topological polar surface area (TPSA) is 85.4 Å². The van der Waals surface area contributed by atoms with Crippen LogP contribution in [0.15, 0.2) is 0 Å². The maximum absolute atomic E-state index is 12.6. The molecule has 9 heteroatoms. The highest BCUT2D eigenvalue weighted by Gasteiger charge is 2.33. The first kappa shape index (κ1) is 36.1. The van der Waals surface area contributed by atoms with Crippen LogP contribution in [0, 0.1) is 0 Å². The third-order valence-electron chi connectivity index (χ3n) is 7.47. The van der Waals surface area contributed by atoms with Gasteiger partial charge in [-0.25, -0.2) is 4.79 Å². The van der Waals surface area contributed by atoms with Gasteiger partial charge >= 0.3 is 18.0 Å². The molecule has 1 unspecified atom stereocenters. The number of hydrogen-bond donors (Lipinski definition) is 0. The number of hydrogen-bond acceptors (Lipinski definition) is 7. The lowest BCUT2D eigenvalue weighted by Gasteiger charge is -2.43. The number of amides is 1. The van der Waals surface area contributed by atoms with E-state index in [1.54, 1.807) is 7.05 Å². The van der Waals surface area contributed by atoms with E-state index in [2.05, 4.69) is 18.7 Å². The van der Waals surface area contributed by atoms with Crippen LogP contribution in [0.2, 0.25) is 0 Å². The summed E-state index contributed by atoms with van der Waals surface area (Å²) in [4.78, 5) is 40.9. The molecule has 40 heavy (non-hydrogen) atoms. The van der Waals surface area contributed by atoms with E-state index in [4.69, 9.17) is 14.2 Å². The number of nitrogens with zero attached hydrogens (tertiary/aromatic N) is 2. The number of esters is 2. The third-order valence-corrected chi connectivity index (χ3v) is 7.47. The molecule has 1 aliphatic rings. The average Bonchev–Trinajstić information content (AvgIpc) is 2.92. The molecule has 1 heterocycles. The first-order valence-corrected chi connectivity index (χ1v) is 15.9. The molecule has 8 nitrogen and oxygen atoms in total. The van der Waals surface area contributed by atoms with Crippen LogP contribution in [0.25, 0.3) is 0 Å². The summed E-state index contributed by atoms with van der Waals surface area (Å²) in [6.45, 7) is 5.77. The number of halogens is 1. The van der Waals surface area contributed by atoms with Crippen LogP contribution in [0.5, 0.6) is 0 Å². The third kappa shape index (κ3) is 17.7. The minimum atomic E-state index is -0.838. The van der Waals surface area contributed by atoms with Gasteiger partial charge in [-0.1, -0.05) is 90.9 Å². The van der Waals surface area contributed by atoms with Crippen LogP contribution >= 0.6 is 0 Å². The van der Waals surface area contributed by atoms with E-state index >= 15 is 0 Å². The number of rotatable bonds is 25. The summed E-state index contributed by atoms with van der Waals surface area (Å²) < 4.78 is 28.8. The standard InChI is InChI=1S/C31H57FN2O6/c1-4-6-8-10-12-14-16-19-29(35)38-25-28(40-30(36)20-17-15-13-11-9-7-5-2)26-39-31(37)33(3)27-23-34(24-27)22-18-21-32/h27-28H,4-26H2,1-3H3. The number of alkyl halides is 1. The minimum Gasteiger partial charge on any atom is -0.462 e. The Bertz CT molecular complexity index is 674. The summed E-state index contributed by atoms with van der Waals surface area (Å²) in [5.74, 6) is -0.693. The van der Waals surface area contributed by atoms with Gasteiger partial charge in [0.2, 0.25) is 0 Å². The number of unbranched alkanes of at least 4 members (excludes halogenated alkanes) is 12. The van der Waals surface area contributed by atoms with Gasteiger partial charge in [-0.3, -0.25) is 18.9 Å². The monoisotopic (exact) mass is 572 g/mol. The smallest absolute Gasteiger partial charge is 0.409 e. The highest BCUT2D eigenvalue weighted by atomic mass is 19.1. The number of likely N-dealkylation sites (N-methyl/N-ethyl adjacent to an activating group) is 1. The zero-order valence-electron chi connectivity index (χ0n) is 25.6. The molecule has 0 aliphatic carbocycles. The first-order valence-electron chi connectivity index (χ1n) is 15.9. The Balaban J connectivity index is 2.42. The van der Waals surface area contributed by atoms with Gasteiger partial charge in [0.1, 0.15) is 13.2 Å². The number of likely N-dealkylation sites (tertiary alicyclic amines) is 1. The largest absolute Gasteiger partial charge is 0.462 e. The molecule has 0 bridgehead atoms. The van der Waals surface area contributed by atoms with Crippen molar-refractivity contribution in [2.24, 2.45) is 0 Å². The predicted molar refractivity (Wildman–Crippen MR) is 156 cm³/mol. The molecule has 0 radical (unpaired) electrons. The number of ether oxygens (including phenoxy) is 3. The molecule has 0 aromatic rings. The highest BCUT2D eigenvalue weighted by Crippen LogP contribution is 2.16. The molecular weight excluding hydrogens is 515 g/mol. The Morgan fingerprint density at radius 2 is 1.25 bits per heavy atom.